The summed E-state index contributed by atoms with van der Waals surface area (Å²) in [6.07, 6.45) is 0.138. The van der Waals surface area contributed by atoms with Gasteiger partial charge in [0.05, 0.1) is 24.3 Å². The molecule has 6 heteroatoms. The van der Waals surface area contributed by atoms with Gasteiger partial charge in [0, 0.05) is 18.7 Å². The van der Waals surface area contributed by atoms with Gasteiger partial charge in [0.25, 0.3) is 0 Å². The summed E-state index contributed by atoms with van der Waals surface area (Å²) >= 11 is 0. The van der Waals surface area contributed by atoms with E-state index in [1.165, 1.54) is 7.11 Å². The van der Waals surface area contributed by atoms with Crippen LogP contribution >= 0.6 is 0 Å². The largest absolute Gasteiger partial charge is 0.465 e. The van der Waals surface area contributed by atoms with Crippen LogP contribution in [0.5, 0.6) is 0 Å². The number of ether oxygens (including phenoxy) is 1. The fourth-order valence-electron chi connectivity index (χ4n) is 3.20. The van der Waals surface area contributed by atoms with E-state index in [-0.39, 0.29) is 18.2 Å². The van der Waals surface area contributed by atoms with E-state index in [0.717, 1.165) is 16.8 Å². The molecule has 1 atom stereocenters. The third-order valence-corrected chi connectivity index (χ3v) is 4.77. The van der Waals surface area contributed by atoms with Crippen molar-refractivity contribution < 1.29 is 19.1 Å². The van der Waals surface area contributed by atoms with E-state index in [2.05, 4.69) is 5.32 Å². The first-order chi connectivity index (χ1) is 12.9. The van der Waals surface area contributed by atoms with E-state index in [9.17, 15) is 14.4 Å². The second-order valence-electron chi connectivity index (χ2n) is 6.72. The second-order valence-corrected chi connectivity index (χ2v) is 6.72. The van der Waals surface area contributed by atoms with E-state index in [0.29, 0.717) is 17.8 Å². The van der Waals surface area contributed by atoms with Gasteiger partial charge in [-0.15, -0.1) is 0 Å². The molecule has 27 heavy (non-hydrogen) atoms. The van der Waals surface area contributed by atoms with Gasteiger partial charge in [0.2, 0.25) is 11.8 Å². The van der Waals surface area contributed by atoms with Gasteiger partial charge in [-0.1, -0.05) is 29.8 Å². The zero-order valence-corrected chi connectivity index (χ0v) is 15.6. The molecule has 0 aromatic heterocycles. The lowest BCUT2D eigenvalue weighted by Gasteiger charge is -2.18. The third-order valence-electron chi connectivity index (χ3n) is 4.77. The number of nitrogens with one attached hydrogen (secondary N) is 1. The Hall–Kier alpha value is -3.15. The SMILES string of the molecule is COC(=O)c1cccc(C)c1NC(=O)C1CC(=O)N(c2ccc(C)cc2)C1. The average Bonchev–Trinajstić information content (AvgIpc) is 3.05. The van der Waals surface area contributed by atoms with Crippen LogP contribution in [0.3, 0.4) is 0 Å². The zero-order valence-electron chi connectivity index (χ0n) is 15.6. The third kappa shape index (κ3) is 3.84. The van der Waals surface area contributed by atoms with E-state index in [1.807, 2.05) is 31.2 Å². The van der Waals surface area contributed by atoms with Gasteiger partial charge in [-0.3, -0.25) is 9.59 Å². The first kappa shape index (κ1) is 18.6. The molecular formula is C21H22N2O4. The van der Waals surface area contributed by atoms with E-state index >= 15 is 0 Å². The molecule has 1 fully saturated rings. The number of methoxy groups -OCH3 is 1. The molecular weight excluding hydrogens is 344 g/mol. The number of amides is 2. The maximum Gasteiger partial charge on any atom is 0.339 e. The summed E-state index contributed by atoms with van der Waals surface area (Å²) in [7, 11) is 1.30. The number of rotatable bonds is 4. The molecule has 0 spiro atoms. The monoisotopic (exact) mass is 366 g/mol. The number of anilines is 2. The molecule has 140 valence electrons. The fraction of sp³-hybridized carbons (Fsp3) is 0.286. The molecule has 1 saturated heterocycles. The number of carbonyl (C=O) groups excluding carboxylic acids is 3. The molecule has 6 nitrogen and oxygen atoms in total. The van der Waals surface area contributed by atoms with Gasteiger partial charge in [0.1, 0.15) is 0 Å². The van der Waals surface area contributed by atoms with Crippen LogP contribution in [-0.4, -0.2) is 31.4 Å². The van der Waals surface area contributed by atoms with Crippen LogP contribution in [0.4, 0.5) is 11.4 Å². The Morgan fingerprint density at radius 1 is 1.11 bits per heavy atom. The van der Waals surface area contributed by atoms with Crippen molar-refractivity contribution in [3.05, 3.63) is 59.2 Å². The van der Waals surface area contributed by atoms with Crippen LogP contribution in [0, 0.1) is 19.8 Å². The first-order valence-corrected chi connectivity index (χ1v) is 8.76. The summed E-state index contributed by atoms with van der Waals surface area (Å²) < 4.78 is 4.79. The summed E-state index contributed by atoms with van der Waals surface area (Å²) in [5, 5.41) is 2.82. The number of esters is 1. The lowest BCUT2D eigenvalue weighted by molar-refractivity contribution is -0.122. The summed E-state index contributed by atoms with van der Waals surface area (Å²) in [5.41, 5.74) is 3.37. The fourth-order valence-corrected chi connectivity index (χ4v) is 3.20. The minimum absolute atomic E-state index is 0.0861. The molecule has 2 aromatic rings. The molecule has 2 amide bonds. The smallest absolute Gasteiger partial charge is 0.339 e. The molecule has 0 radical (unpaired) electrons. The standard InChI is InChI=1S/C21H22N2O4/c1-13-7-9-16(10-8-13)23-12-15(11-18(23)24)20(25)22-19-14(2)5-4-6-17(19)21(26)27-3/h4-10,15H,11-12H2,1-3H3,(H,22,25). The predicted molar refractivity (Wildman–Crippen MR) is 103 cm³/mol. The van der Waals surface area contributed by atoms with E-state index in [4.69, 9.17) is 4.74 Å². The molecule has 3 rings (SSSR count). The number of para-hydroxylation sites is 1. The Morgan fingerprint density at radius 3 is 2.48 bits per heavy atom. The molecule has 1 N–H and O–H groups in total. The predicted octanol–water partition coefficient (Wildman–Crippen LogP) is 3.08. The topological polar surface area (TPSA) is 75.7 Å². The Morgan fingerprint density at radius 2 is 1.81 bits per heavy atom. The van der Waals surface area contributed by atoms with Crippen LogP contribution in [0.1, 0.15) is 27.9 Å². The number of hydrogen-bond acceptors (Lipinski definition) is 4. The summed E-state index contributed by atoms with van der Waals surface area (Å²) in [6.45, 7) is 4.10. The summed E-state index contributed by atoms with van der Waals surface area (Å²) in [5.74, 6) is -1.36. The van der Waals surface area contributed by atoms with Crippen molar-refractivity contribution >= 4 is 29.2 Å². The number of benzene rings is 2. The maximum atomic E-state index is 12.8. The second kappa shape index (κ2) is 7.61. The van der Waals surface area contributed by atoms with Crippen molar-refractivity contribution in [2.75, 3.05) is 23.9 Å². The minimum Gasteiger partial charge on any atom is -0.465 e. The zero-order chi connectivity index (χ0) is 19.6. The molecule has 0 aliphatic carbocycles. The molecule has 1 heterocycles. The van der Waals surface area contributed by atoms with Crippen molar-refractivity contribution in [3.63, 3.8) is 0 Å². The van der Waals surface area contributed by atoms with Crippen molar-refractivity contribution in [2.24, 2.45) is 5.92 Å². The lowest BCUT2D eigenvalue weighted by atomic mass is 10.0. The maximum absolute atomic E-state index is 12.8. The van der Waals surface area contributed by atoms with Crippen LogP contribution in [0.25, 0.3) is 0 Å². The lowest BCUT2D eigenvalue weighted by Crippen LogP contribution is -2.28. The Bertz CT molecular complexity index is 890. The van der Waals surface area contributed by atoms with E-state index in [1.54, 1.807) is 30.0 Å². The van der Waals surface area contributed by atoms with Gasteiger partial charge < -0.3 is 15.0 Å². The van der Waals surface area contributed by atoms with Crippen LogP contribution in [-0.2, 0) is 14.3 Å². The van der Waals surface area contributed by atoms with Gasteiger partial charge in [-0.2, -0.15) is 0 Å². The van der Waals surface area contributed by atoms with Crippen molar-refractivity contribution in [1.82, 2.24) is 0 Å². The molecule has 0 bridgehead atoms. The summed E-state index contributed by atoms with van der Waals surface area (Å²) in [6, 6.07) is 12.8. The van der Waals surface area contributed by atoms with Crippen molar-refractivity contribution in [2.45, 2.75) is 20.3 Å². The number of nitrogens with zero attached hydrogens (tertiary/aromatic N) is 1. The van der Waals surface area contributed by atoms with Gasteiger partial charge >= 0.3 is 5.97 Å². The highest BCUT2D eigenvalue weighted by Crippen LogP contribution is 2.28. The molecule has 1 unspecified atom stereocenters. The average molecular weight is 366 g/mol. The highest BCUT2D eigenvalue weighted by molar-refractivity contribution is 6.06. The number of carbonyl (C=O) groups is 3. The molecule has 1 aliphatic heterocycles. The van der Waals surface area contributed by atoms with Gasteiger partial charge in [-0.25, -0.2) is 4.79 Å². The van der Waals surface area contributed by atoms with Gasteiger partial charge in [-0.05, 0) is 37.6 Å². The van der Waals surface area contributed by atoms with Crippen LogP contribution in [0.2, 0.25) is 0 Å². The molecule has 0 saturated carbocycles. The molecule has 1 aliphatic rings. The normalized spacial score (nSPS) is 16.3. The Balaban J connectivity index is 1.77. The molecule has 2 aromatic carbocycles. The van der Waals surface area contributed by atoms with Crippen LogP contribution in [0.15, 0.2) is 42.5 Å². The van der Waals surface area contributed by atoms with E-state index < -0.39 is 11.9 Å². The highest BCUT2D eigenvalue weighted by atomic mass is 16.5. The summed E-state index contributed by atoms with van der Waals surface area (Å²) in [4.78, 5) is 38.7. The van der Waals surface area contributed by atoms with Crippen LogP contribution < -0.4 is 10.2 Å². The first-order valence-electron chi connectivity index (χ1n) is 8.76. The van der Waals surface area contributed by atoms with Crippen molar-refractivity contribution in [1.29, 1.82) is 0 Å². The highest BCUT2D eigenvalue weighted by Gasteiger charge is 2.35. The number of aryl methyl sites for hydroxylation is 2. The number of hydrogen-bond donors (Lipinski definition) is 1. The minimum atomic E-state index is -0.516. The Kier molecular flexibility index (Phi) is 5.26. The van der Waals surface area contributed by atoms with Crippen molar-refractivity contribution in [3.8, 4) is 0 Å². The Labute approximate surface area is 158 Å². The van der Waals surface area contributed by atoms with Gasteiger partial charge in [0.15, 0.2) is 0 Å². The quantitative estimate of drug-likeness (QED) is 0.844.